The van der Waals surface area contributed by atoms with Gasteiger partial charge < -0.3 is 4.74 Å². The van der Waals surface area contributed by atoms with E-state index in [1.165, 1.54) is 13.8 Å². The first kappa shape index (κ1) is 17.1. The molecule has 1 atom stereocenters. The van der Waals surface area contributed by atoms with Crippen molar-refractivity contribution in [2.75, 3.05) is 0 Å². The molecule has 132 valence electrons. The number of alkyl halides is 1. The average Bonchev–Trinajstić information content (AvgIpc) is 2.34. The number of hydrogen-bond acceptors (Lipinski definition) is 4. The third kappa shape index (κ3) is 3.14. The van der Waals surface area contributed by atoms with Gasteiger partial charge in [0.2, 0.25) is 0 Å². The number of rotatable bonds is 5. The first-order chi connectivity index (χ1) is 10.5. The molecule has 4 aliphatic carbocycles. The van der Waals surface area contributed by atoms with E-state index in [2.05, 4.69) is 4.74 Å². The summed E-state index contributed by atoms with van der Waals surface area (Å²) in [6.45, 7) is 2.99. The van der Waals surface area contributed by atoms with Crippen LogP contribution in [0.25, 0.3) is 0 Å². The molecule has 0 spiro atoms. The van der Waals surface area contributed by atoms with Gasteiger partial charge in [-0.1, -0.05) is 13.8 Å². The minimum atomic E-state index is -5.15. The third-order valence-corrected chi connectivity index (χ3v) is 6.86. The van der Waals surface area contributed by atoms with Gasteiger partial charge in [-0.2, -0.15) is 12.8 Å². The van der Waals surface area contributed by atoms with Crippen LogP contribution in [0.4, 0.5) is 4.39 Å². The van der Waals surface area contributed by atoms with Crippen molar-refractivity contribution in [3.8, 4) is 0 Å². The fourth-order valence-electron chi connectivity index (χ4n) is 5.40. The van der Waals surface area contributed by atoms with Crippen LogP contribution in [0.2, 0.25) is 0 Å². The molecule has 1 N–H and O–H groups in total. The summed E-state index contributed by atoms with van der Waals surface area (Å²) in [7, 11) is -5.15. The second kappa shape index (κ2) is 5.41. The standard InChI is InChI=1S/C16H25FO5S/c1-10(2)14(18)22-16(17,23(19,20)21)9-15-6-11-3-12(7-15)5-13(4-11)8-15/h10-13H,3-9H2,1-2H3,(H,19,20,21). The van der Waals surface area contributed by atoms with Gasteiger partial charge in [0.1, 0.15) is 0 Å². The van der Waals surface area contributed by atoms with Gasteiger partial charge in [-0.15, -0.1) is 0 Å². The molecule has 1 unspecified atom stereocenters. The summed E-state index contributed by atoms with van der Waals surface area (Å²) in [6.07, 6.45) is 5.25. The molecule has 0 saturated heterocycles. The van der Waals surface area contributed by atoms with Crippen LogP contribution in [-0.4, -0.2) is 24.1 Å². The van der Waals surface area contributed by atoms with Crippen LogP contribution < -0.4 is 0 Å². The number of carbonyl (C=O) groups excluding carboxylic acids is 1. The van der Waals surface area contributed by atoms with E-state index in [0.29, 0.717) is 17.8 Å². The van der Waals surface area contributed by atoms with Crippen LogP contribution in [-0.2, 0) is 19.6 Å². The predicted molar refractivity (Wildman–Crippen MR) is 81.5 cm³/mol. The fraction of sp³-hybridized carbons (Fsp3) is 0.938. The number of esters is 1. The summed E-state index contributed by atoms with van der Waals surface area (Å²) in [5.41, 5.74) is -0.476. The molecule has 23 heavy (non-hydrogen) atoms. The van der Waals surface area contributed by atoms with E-state index < -0.39 is 39.0 Å². The largest absolute Gasteiger partial charge is 0.412 e. The lowest BCUT2D eigenvalue weighted by Crippen LogP contribution is -2.51. The molecule has 4 saturated carbocycles. The van der Waals surface area contributed by atoms with Gasteiger partial charge in [-0.25, -0.2) is 0 Å². The normalized spacial score (nSPS) is 38.6. The second-order valence-electron chi connectivity index (χ2n) is 8.31. The molecule has 5 nitrogen and oxygen atoms in total. The minimum absolute atomic E-state index is 0.444. The first-order valence-corrected chi connectivity index (χ1v) is 9.85. The second-order valence-corrected chi connectivity index (χ2v) is 9.86. The van der Waals surface area contributed by atoms with Crippen molar-refractivity contribution >= 4 is 16.1 Å². The summed E-state index contributed by atoms with van der Waals surface area (Å²) in [6, 6.07) is 0. The zero-order valence-corrected chi connectivity index (χ0v) is 14.4. The van der Waals surface area contributed by atoms with Gasteiger partial charge in [0.15, 0.2) is 0 Å². The van der Waals surface area contributed by atoms with E-state index in [1.54, 1.807) is 0 Å². The van der Waals surface area contributed by atoms with E-state index in [4.69, 9.17) is 0 Å². The summed E-state index contributed by atoms with van der Waals surface area (Å²) >= 11 is 0. The van der Waals surface area contributed by atoms with E-state index in [0.717, 1.165) is 38.5 Å². The van der Waals surface area contributed by atoms with Gasteiger partial charge >= 0.3 is 21.3 Å². The molecule has 0 aromatic carbocycles. The Morgan fingerprint density at radius 1 is 1.22 bits per heavy atom. The lowest BCUT2D eigenvalue weighted by molar-refractivity contribution is -0.181. The molecule has 4 bridgehead atoms. The quantitative estimate of drug-likeness (QED) is 0.609. The first-order valence-electron chi connectivity index (χ1n) is 8.41. The molecule has 4 aliphatic rings. The molecule has 4 rings (SSSR count). The lowest BCUT2D eigenvalue weighted by Gasteiger charge is -2.57. The Morgan fingerprint density at radius 2 is 1.65 bits per heavy atom. The van der Waals surface area contributed by atoms with Crippen molar-refractivity contribution in [1.82, 2.24) is 0 Å². The Kier molecular flexibility index (Phi) is 4.03. The SMILES string of the molecule is CC(C)C(=O)OC(F)(CC12CC3CC(CC(C3)C1)C2)S(=O)(=O)O. The Labute approximate surface area is 136 Å². The highest BCUT2D eigenvalue weighted by Gasteiger charge is 2.59. The highest BCUT2D eigenvalue weighted by Crippen LogP contribution is 2.63. The van der Waals surface area contributed by atoms with Gasteiger partial charge in [-0.3, -0.25) is 9.35 Å². The molecular formula is C16H25FO5S. The van der Waals surface area contributed by atoms with E-state index in [1.807, 2.05) is 0 Å². The summed E-state index contributed by atoms with van der Waals surface area (Å²) in [5.74, 6) is -0.0915. The number of ether oxygens (including phenoxy) is 1. The van der Waals surface area contributed by atoms with Crippen LogP contribution in [0.3, 0.4) is 0 Å². The molecule has 4 fully saturated rings. The van der Waals surface area contributed by atoms with Crippen LogP contribution in [0.5, 0.6) is 0 Å². The van der Waals surface area contributed by atoms with E-state index >= 15 is 4.39 Å². The molecule has 0 aromatic heterocycles. The van der Waals surface area contributed by atoms with Crippen LogP contribution in [0, 0.1) is 29.1 Å². The summed E-state index contributed by atoms with van der Waals surface area (Å²) in [4.78, 5) is 11.8. The molecule has 0 heterocycles. The highest BCUT2D eigenvalue weighted by molar-refractivity contribution is 7.86. The maximum Gasteiger partial charge on any atom is 0.377 e. The molecule has 7 heteroatoms. The van der Waals surface area contributed by atoms with Crippen LogP contribution in [0.1, 0.15) is 58.8 Å². The number of hydrogen-bond donors (Lipinski definition) is 1. The Hall–Kier alpha value is -0.690. The maximum absolute atomic E-state index is 15.1. The van der Waals surface area contributed by atoms with Crippen LogP contribution in [0.15, 0.2) is 0 Å². The number of carbonyl (C=O) groups is 1. The number of halogens is 1. The molecule has 0 aliphatic heterocycles. The maximum atomic E-state index is 15.1. The average molecular weight is 348 g/mol. The minimum Gasteiger partial charge on any atom is -0.412 e. The van der Waals surface area contributed by atoms with Gasteiger partial charge in [0.25, 0.3) is 0 Å². The van der Waals surface area contributed by atoms with Crippen molar-refractivity contribution in [3.05, 3.63) is 0 Å². The van der Waals surface area contributed by atoms with E-state index in [9.17, 15) is 17.8 Å². The third-order valence-electron chi connectivity index (χ3n) is 5.86. The van der Waals surface area contributed by atoms with Gasteiger partial charge in [-0.05, 0) is 61.7 Å². The lowest BCUT2D eigenvalue weighted by atomic mass is 9.49. The zero-order chi connectivity index (χ0) is 17.0. The Morgan fingerprint density at radius 3 is 2.00 bits per heavy atom. The highest BCUT2D eigenvalue weighted by atomic mass is 32.2. The van der Waals surface area contributed by atoms with Crippen molar-refractivity contribution < 1.29 is 26.9 Å². The summed E-state index contributed by atoms with van der Waals surface area (Å²) in [5, 5.41) is -3.33. The predicted octanol–water partition coefficient (Wildman–Crippen LogP) is 3.30. The smallest absolute Gasteiger partial charge is 0.377 e. The molecule has 0 aromatic rings. The Bertz CT molecular complexity index is 564. The molecular weight excluding hydrogens is 323 g/mol. The van der Waals surface area contributed by atoms with Gasteiger partial charge in [0, 0.05) is 6.42 Å². The molecule has 0 radical (unpaired) electrons. The molecule has 0 amide bonds. The van der Waals surface area contributed by atoms with Crippen LogP contribution >= 0.6 is 0 Å². The summed E-state index contributed by atoms with van der Waals surface area (Å²) < 4.78 is 52.5. The van der Waals surface area contributed by atoms with Gasteiger partial charge in [0.05, 0.1) is 5.92 Å². The van der Waals surface area contributed by atoms with Crippen molar-refractivity contribution in [2.45, 2.75) is 64.0 Å². The fourth-order valence-corrected chi connectivity index (χ4v) is 6.08. The Balaban J connectivity index is 1.86. The van der Waals surface area contributed by atoms with Crippen molar-refractivity contribution in [3.63, 3.8) is 0 Å². The monoisotopic (exact) mass is 348 g/mol. The van der Waals surface area contributed by atoms with Crippen molar-refractivity contribution in [1.29, 1.82) is 0 Å². The zero-order valence-electron chi connectivity index (χ0n) is 13.6. The topological polar surface area (TPSA) is 80.7 Å². The van der Waals surface area contributed by atoms with Crippen molar-refractivity contribution in [2.24, 2.45) is 29.1 Å². The van der Waals surface area contributed by atoms with E-state index in [-0.39, 0.29) is 0 Å².